The van der Waals surface area contributed by atoms with Crippen molar-refractivity contribution in [3.05, 3.63) is 60.4 Å². The van der Waals surface area contributed by atoms with Crippen LogP contribution in [0.3, 0.4) is 0 Å². The molecule has 3 heterocycles. The monoisotopic (exact) mass is 322 g/mol. The van der Waals surface area contributed by atoms with Crippen LogP contribution in [0.5, 0.6) is 0 Å². The molecule has 0 aliphatic carbocycles. The van der Waals surface area contributed by atoms with Crippen molar-refractivity contribution in [2.45, 2.75) is 25.3 Å². The molecule has 124 valence electrons. The molecule has 0 amide bonds. The number of hydrogen-bond donors (Lipinski definition) is 0. The summed E-state index contributed by atoms with van der Waals surface area (Å²) >= 11 is 0. The molecule has 0 bridgehead atoms. The van der Waals surface area contributed by atoms with E-state index >= 15 is 0 Å². The van der Waals surface area contributed by atoms with Crippen LogP contribution in [-0.2, 0) is 13.6 Å². The second-order valence-electron chi connectivity index (χ2n) is 6.41. The van der Waals surface area contributed by atoms with Gasteiger partial charge in [0.25, 0.3) is 0 Å². The Morgan fingerprint density at radius 1 is 1.12 bits per heavy atom. The van der Waals surface area contributed by atoms with Crippen LogP contribution >= 0.6 is 0 Å². The van der Waals surface area contributed by atoms with Gasteiger partial charge in [0.2, 0.25) is 5.89 Å². The van der Waals surface area contributed by atoms with Gasteiger partial charge in [-0.05, 0) is 32.0 Å². The van der Waals surface area contributed by atoms with E-state index in [1.54, 1.807) is 0 Å². The minimum absolute atomic E-state index is 0.609. The second kappa shape index (κ2) is 6.61. The molecule has 1 aliphatic rings. The standard InChI is InChI=1S/C19H22N4O/c1-22-17(7-10-21-22)15-8-11-23(12-9-15)14-19-20-13-18(24-19)16-5-3-2-4-6-16/h2-7,10,13,15H,8-9,11-12,14H2,1H3. The quantitative estimate of drug-likeness (QED) is 0.738. The zero-order chi connectivity index (χ0) is 16.4. The van der Waals surface area contributed by atoms with Crippen LogP contribution in [0.25, 0.3) is 11.3 Å². The van der Waals surface area contributed by atoms with Crippen LogP contribution in [0, 0.1) is 0 Å². The van der Waals surface area contributed by atoms with E-state index in [0.717, 1.165) is 49.7 Å². The maximum atomic E-state index is 5.92. The van der Waals surface area contributed by atoms with Gasteiger partial charge in [-0.25, -0.2) is 4.98 Å². The first-order chi connectivity index (χ1) is 11.8. The van der Waals surface area contributed by atoms with Crippen molar-refractivity contribution in [2.75, 3.05) is 13.1 Å². The fourth-order valence-electron chi connectivity index (χ4n) is 3.48. The number of rotatable bonds is 4. The predicted octanol–water partition coefficient (Wildman–Crippen LogP) is 3.45. The van der Waals surface area contributed by atoms with Crippen molar-refractivity contribution in [1.82, 2.24) is 19.7 Å². The molecule has 1 aromatic carbocycles. The summed E-state index contributed by atoms with van der Waals surface area (Å²) in [4.78, 5) is 6.87. The van der Waals surface area contributed by atoms with Crippen LogP contribution in [0.4, 0.5) is 0 Å². The van der Waals surface area contributed by atoms with Gasteiger partial charge < -0.3 is 4.42 Å². The van der Waals surface area contributed by atoms with Crippen LogP contribution in [0.1, 0.15) is 30.3 Å². The summed E-state index contributed by atoms with van der Waals surface area (Å²) in [6.45, 7) is 2.92. The molecule has 2 aromatic heterocycles. The molecule has 0 saturated carbocycles. The number of nitrogens with zero attached hydrogens (tertiary/aromatic N) is 4. The van der Waals surface area contributed by atoms with Gasteiger partial charge in [-0.2, -0.15) is 5.10 Å². The van der Waals surface area contributed by atoms with E-state index in [1.165, 1.54) is 5.69 Å². The van der Waals surface area contributed by atoms with Crippen molar-refractivity contribution in [3.63, 3.8) is 0 Å². The number of aryl methyl sites for hydroxylation is 1. The van der Waals surface area contributed by atoms with Gasteiger partial charge in [0.15, 0.2) is 5.76 Å². The van der Waals surface area contributed by atoms with Crippen molar-refractivity contribution < 1.29 is 4.42 Å². The number of oxazole rings is 1. The van der Waals surface area contributed by atoms with Gasteiger partial charge in [-0.15, -0.1) is 0 Å². The van der Waals surface area contributed by atoms with E-state index < -0.39 is 0 Å². The Morgan fingerprint density at radius 3 is 2.62 bits per heavy atom. The van der Waals surface area contributed by atoms with Gasteiger partial charge in [-0.1, -0.05) is 30.3 Å². The molecule has 0 spiro atoms. The van der Waals surface area contributed by atoms with E-state index in [-0.39, 0.29) is 0 Å². The van der Waals surface area contributed by atoms with E-state index in [4.69, 9.17) is 4.42 Å². The normalized spacial score (nSPS) is 16.5. The first-order valence-corrected chi connectivity index (χ1v) is 8.50. The molecule has 0 unspecified atom stereocenters. The van der Waals surface area contributed by atoms with Crippen LogP contribution in [-0.4, -0.2) is 32.8 Å². The average molecular weight is 322 g/mol. The minimum atomic E-state index is 0.609. The molecule has 4 rings (SSSR count). The van der Waals surface area contributed by atoms with Crippen molar-refractivity contribution in [1.29, 1.82) is 0 Å². The zero-order valence-electron chi connectivity index (χ0n) is 13.9. The first-order valence-electron chi connectivity index (χ1n) is 8.50. The summed E-state index contributed by atoms with van der Waals surface area (Å²) in [6, 6.07) is 12.3. The Balaban J connectivity index is 1.36. The molecular formula is C19H22N4O. The highest BCUT2D eigenvalue weighted by Crippen LogP contribution is 2.28. The largest absolute Gasteiger partial charge is 0.439 e. The van der Waals surface area contributed by atoms with Gasteiger partial charge in [0.05, 0.1) is 12.7 Å². The van der Waals surface area contributed by atoms with Crippen molar-refractivity contribution >= 4 is 0 Å². The van der Waals surface area contributed by atoms with E-state index in [0.29, 0.717) is 5.92 Å². The van der Waals surface area contributed by atoms with Gasteiger partial charge in [-0.3, -0.25) is 9.58 Å². The fourth-order valence-corrected chi connectivity index (χ4v) is 3.48. The van der Waals surface area contributed by atoms with E-state index in [2.05, 4.69) is 21.0 Å². The summed E-state index contributed by atoms with van der Waals surface area (Å²) in [5.41, 5.74) is 2.42. The second-order valence-corrected chi connectivity index (χ2v) is 6.41. The molecule has 3 aromatic rings. The number of piperidine rings is 1. The van der Waals surface area contributed by atoms with Crippen LogP contribution < -0.4 is 0 Å². The lowest BCUT2D eigenvalue weighted by atomic mass is 9.93. The molecule has 0 N–H and O–H groups in total. The predicted molar refractivity (Wildman–Crippen MR) is 92.4 cm³/mol. The van der Waals surface area contributed by atoms with E-state index in [9.17, 15) is 0 Å². The summed E-state index contributed by atoms with van der Waals surface area (Å²) in [7, 11) is 2.03. The number of likely N-dealkylation sites (tertiary alicyclic amines) is 1. The fraction of sp³-hybridized carbons (Fsp3) is 0.368. The molecule has 1 aliphatic heterocycles. The summed E-state index contributed by atoms with van der Waals surface area (Å²) in [5.74, 6) is 2.25. The topological polar surface area (TPSA) is 47.1 Å². The number of hydrogen-bond acceptors (Lipinski definition) is 4. The summed E-state index contributed by atoms with van der Waals surface area (Å²) < 4.78 is 7.92. The maximum Gasteiger partial charge on any atom is 0.209 e. The SMILES string of the molecule is Cn1nccc1C1CCN(Cc2ncc(-c3ccccc3)o2)CC1. The lowest BCUT2D eigenvalue weighted by molar-refractivity contribution is 0.185. The highest BCUT2D eigenvalue weighted by atomic mass is 16.4. The molecule has 0 atom stereocenters. The lowest BCUT2D eigenvalue weighted by Crippen LogP contribution is -2.33. The molecule has 1 fully saturated rings. The summed E-state index contributed by atoms with van der Waals surface area (Å²) in [6.07, 6.45) is 6.03. The minimum Gasteiger partial charge on any atom is -0.439 e. The average Bonchev–Trinajstić information content (AvgIpc) is 3.26. The molecular weight excluding hydrogens is 300 g/mol. The van der Waals surface area contributed by atoms with Gasteiger partial charge >= 0.3 is 0 Å². The Kier molecular flexibility index (Phi) is 4.17. The Labute approximate surface area is 141 Å². The smallest absolute Gasteiger partial charge is 0.209 e. The first kappa shape index (κ1) is 15.1. The molecule has 5 heteroatoms. The lowest BCUT2D eigenvalue weighted by Gasteiger charge is -2.31. The van der Waals surface area contributed by atoms with Crippen molar-refractivity contribution in [2.24, 2.45) is 7.05 Å². The van der Waals surface area contributed by atoms with Crippen LogP contribution in [0.15, 0.2) is 53.2 Å². The van der Waals surface area contributed by atoms with Gasteiger partial charge in [0, 0.05) is 30.4 Å². The third kappa shape index (κ3) is 3.12. The Morgan fingerprint density at radius 2 is 1.92 bits per heavy atom. The summed E-state index contributed by atoms with van der Waals surface area (Å²) in [5, 5.41) is 4.29. The third-order valence-electron chi connectivity index (χ3n) is 4.84. The Hall–Kier alpha value is -2.40. The van der Waals surface area contributed by atoms with Crippen molar-refractivity contribution in [3.8, 4) is 11.3 Å². The molecule has 0 radical (unpaired) electrons. The highest BCUT2D eigenvalue weighted by molar-refractivity contribution is 5.55. The molecule has 24 heavy (non-hydrogen) atoms. The molecule has 1 saturated heterocycles. The number of benzene rings is 1. The van der Waals surface area contributed by atoms with Crippen LogP contribution in [0.2, 0.25) is 0 Å². The Bertz CT molecular complexity index is 785. The third-order valence-corrected chi connectivity index (χ3v) is 4.84. The van der Waals surface area contributed by atoms with E-state index in [1.807, 2.05) is 54.5 Å². The maximum absolute atomic E-state index is 5.92. The molecule has 5 nitrogen and oxygen atoms in total. The highest BCUT2D eigenvalue weighted by Gasteiger charge is 2.23. The number of aromatic nitrogens is 3. The van der Waals surface area contributed by atoms with Gasteiger partial charge in [0.1, 0.15) is 0 Å². The zero-order valence-corrected chi connectivity index (χ0v) is 13.9.